The largest absolute Gasteiger partial charge is 0.476 e. The normalized spacial score (nSPS) is 10.2. The third-order valence-corrected chi connectivity index (χ3v) is 2.39. The Morgan fingerprint density at radius 1 is 1.39 bits per heavy atom. The summed E-state index contributed by atoms with van der Waals surface area (Å²) in [5.41, 5.74) is 0.427. The van der Waals surface area contributed by atoms with Crippen molar-refractivity contribution in [3.63, 3.8) is 0 Å². The van der Waals surface area contributed by atoms with Gasteiger partial charge in [0.25, 0.3) is 0 Å². The van der Waals surface area contributed by atoms with Crippen LogP contribution in [0, 0.1) is 10.1 Å². The standard InChI is InChI=1S/C11H9N3O4/c15-11(16)9-10(14(17)18)12-7-13(9)6-8-4-2-1-3-5-8/h1-5,7H,6H2,(H,15,16). The summed E-state index contributed by atoms with van der Waals surface area (Å²) in [7, 11) is 0. The Balaban J connectivity index is 2.40. The molecule has 0 bridgehead atoms. The Hall–Kier alpha value is -2.70. The highest BCUT2D eigenvalue weighted by Crippen LogP contribution is 2.17. The summed E-state index contributed by atoms with van der Waals surface area (Å²) in [5.74, 6) is -2.01. The van der Waals surface area contributed by atoms with Crippen LogP contribution in [-0.4, -0.2) is 25.6 Å². The molecule has 0 spiro atoms. The second-order valence-electron chi connectivity index (χ2n) is 3.59. The molecule has 7 nitrogen and oxygen atoms in total. The van der Waals surface area contributed by atoms with Crippen LogP contribution in [0.4, 0.5) is 5.82 Å². The van der Waals surface area contributed by atoms with Gasteiger partial charge < -0.3 is 15.2 Å². The molecule has 0 aliphatic heterocycles. The molecular formula is C11H9N3O4. The highest BCUT2D eigenvalue weighted by molar-refractivity contribution is 5.89. The number of nitro groups is 1. The number of aromatic carboxylic acids is 1. The fourth-order valence-corrected chi connectivity index (χ4v) is 1.62. The molecule has 18 heavy (non-hydrogen) atoms. The van der Waals surface area contributed by atoms with Gasteiger partial charge >= 0.3 is 11.8 Å². The Morgan fingerprint density at radius 3 is 2.61 bits per heavy atom. The van der Waals surface area contributed by atoms with Crippen molar-refractivity contribution < 1.29 is 14.8 Å². The zero-order valence-electron chi connectivity index (χ0n) is 9.18. The predicted octanol–water partition coefficient (Wildman–Crippen LogP) is 1.54. The molecule has 92 valence electrons. The number of benzene rings is 1. The molecule has 0 atom stereocenters. The third kappa shape index (κ3) is 2.19. The first-order chi connectivity index (χ1) is 8.59. The van der Waals surface area contributed by atoms with E-state index in [4.69, 9.17) is 5.11 Å². The second kappa shape index (κ2) is 4.66. The summed E-state index contributed by atoms with van der Waals surface area (Å²) >= 11 is 0. The Morgan fingerprint density at radius 2 is 2.06 bits per heavy atom. The molecule has 1 heterocycles. The number of rotatable bonds is 4. The average Bonchev–Trinajstić information content (AvgIpc) is 2.74. The highest BCUT2D eigenvalue weighted by atomic mass is 16.6. The van der Waals surface area contributed by atoms with Crippen molar-refractivity contribution in [3.05, 3.63) is 58.0 Å². The van der Waals surface area contributed by atoms with Gasteiger partial charge in [-0.1, -0.05) is 30.3 Å². The second-order valence-corrected chi connectivity index (χ2v) is 3.59. The monoisotopic (exact) mass is 247 g/mol. The van der Waals surface area contributed by atoms with Gasteiger partial charge in [0.05, 0.1) is 6.54 Å². The topological polar surface area (TPSA) is 98.3 Å². The maximum atomic E-state index is 11.0. The summed E-state index contributed by atoms with van der Waals surface area (Å²) in [6.45, 7) is 0.226. The van der Waals surface area contributed by atoms with Crippen LogP contribution in [0.5, 0.6) is 0 Å². The maximum absolute atomic E-state index is 11.0. The van der Waals surface area contributed by atoms with Crippen molar-refractivity contribution in [2.75, 3.05) is 0 Å². The van der Waals surface area contributed by atoms with Crippen LogP contribution < -0.4 is 0 Å². The van der Waals surface area contributed by atoms with Crippen molar-refractivity contribution in [2.24, 2.45) is 0 Å². The van der Waals surface area contributed by atoms with E-state index < -0.39 is 22.4 Å². The molecule has 0 aliphatic carbocycles. The van der Waals surface area contributed by atoms with Crippen LogP contribution in [0.1, 0.15) is 16.1 Å². The molecule has 1 N–H and O–H groups in total. The number of imidazole rings is 1. The minimum Gasteiger partial charge on any atom is -0.476 e. The lowest BCUT2D eigenvalue weighted by atomic mass is 10.2. The van der Waals surface area contributed by atoms with E-state index in [1.165, 1.54) is 4.57 Å². The van der Waals surface area contributed by atoms with Gasteiger partial charge in [0.2, 0.25) is 12.0 Å². The van der Waals surface area contributed by atoms with Gasteiger partial charge in [-0.05, 0) is 15.5 Å². The number of carboxylic acids is 1. The summed E-state index contributed by atoms with van der Waals surface area (Å²) in [5, 5.41) is 19.7. The molecule has 1 aromatic carbocycles. The van der Waals surface area contributed by atoms with Crippen molar-refractivity contribution in [2.45, 2.75) is 6.54 Å². The molecule has 7 heteroatoms. The highest BCUT2D eigenvalue weighted by Gasteiger charge is 2.27. The summed E-state index contributed by atoms with van der Waals surface area (Å²) in [6, 6.07) is 9.05. The van der Waals surface area contributed by atoms with Gasteiger partial charge in [-0.3, -0.25) is 4.57 Å². The molecule has 0 amide bonds. The van der Waals surface area contributed by atoms with E-state index in [0.717, 1.165) is 11.9 Å². The smallest absolute Gasteiger partial charge is 0.396 e. The fourth-order valence-electron chi connectivity index (χ4n) is 1.62. The van der Waals surface area contributed by atoms with Crippen molar-refractivity contribution in [1.82, 2.24) is 9.55 Å². The summed E-state index contributed by atoms with van der Waals surface area (Å²) < 4.78 is 1.25. The number of carboxylic acid groups (broad SMARTS) is 1. The van der Waals surface area contributed by atoms with Crippen LogP contribution >= 0.6 is 0 Å². The van der Waals surface area contributed by atoms with E-state index in [-0.39, 0.29) is 6.54 Å². The minimum absolute atomic E-state index is 0.226. The number of nitrogens with zero attached hydrogens (tertiary/aromatic N) is 3. The predicted molar refractivity (Wildman–Crippen MR) is 61.4 cm³/mol. The van der Waals surface area contributed by atoms with Crippen LogP contribution in [-0.2, 0) is 6.54 Å². The first-order valence-electron chi connectivity index (χ1n) is 5.06. The zero-order chi connectivity index (χ0) is 13.1. The van der Waals surface area contributed by atoms with E-state index in [9.17, 15) is 14.9 Å². The average molecular weight is 247 g/mol. The lowest BCUT2D eigenvalue weighted by Crippen LogP contribution is -2.10. The SMILES string of the molecule is O=C(O)c1c([N+](=O)[O-])ncn1Cc1ccccc1. The molecule has 0 fully saturated rings. The molecule has 0 saturated carbocycles. The zero-order valence-corrected chi connectivity index (χ0v) is 9.18. The molecule has 0 unspecified atom stereocenters. The van der Waals surface area contributed by atoms with Crippen LogP contribution in [0.25, 0.3) is 0 Å². The van der Waals surface area contributed by atoms with Gasteiger partial charge in [0.15, 0.2) is 0 Å². The van der Waals surface area contributed by atoms with Crippen LogP contribution in [0.15, 0.2) is 36.7 Å². The third-order valence-electron chi connectivity index (χ3n) is 2.39. The quantitative estimate of drug-likeness (QED) is 0.652. The van der Waals surface area contributed by atoms with Gasteiger partial charge in [-0.25, -0.2) is 4.79 Å². The first-order valence-corrected chi connectivity index (χ1v) is 5.06. The number of aromatic nitrogens is 2. The minimum atomic E-state index is -1.37. The van der Waals surface area contributed by atoms with Gasteiger partial charge in [-0.2, -0.15) is 0 Å². The number of hydrogen-bond donors (Lipinski definition) is 1. The van der Waals surface area contributed by atoms with Crippen molar-refractivity contribution in [3.8, 4) is 0 Å². The summed E-state index contributed by atoms with van der Waals surface area (Å²) in [6.07, 6.45) is 1.16. The Labute approximate surface area is 101 Å². The Bertz CT molecular complexity index is 592. The molecule has 0 aliphatic rings. The molecule has 0 radical (unpaired) electrons. The van der Waals surface area contributed by atoms with Crippen molar-refractivity contribution >= 4 is 11.8 Å². The van der Waals surface area contributed by atoms with E-state index in [1.54, 1.807) is 24.3 Å². The lowest BCUT2D eigenvalue weighted by molar-refractivity contribution is -0.389. The van der Waals surface area contributed by atoms with Gasteiger partial charge in [0, 0.05) is 0 Å². The van der Waals surface area contributed by atoms with E-state index in [0.29, 0.717) is 0 Å². The maximum Gasteiger partial charge on any atom is 0.396 e. The number of carbonyl (C=O) groups is 1. The Kier molecular flexibility index (Phi) is 3.05. The van der Waals surface area contributed by atoms with Crippen LogP contribution in [0.3, 0.4) is 0 Å². The van der Waals surface area contributed by atoms with E-state index >= 15 is 0 Å². The molecule has 2 rings (SSSR count). The molecule has 0 saturated heterocycles. The number of hydrogen-bond acceptors (Lipinski definition) is 4. The van der Waals surface area contributed by atoms with Gasteiger partial charge in [-0.15, -0.1) is 0 Å². The molecule has 1 aromatic heterocycles. The van der Waals surface area contributed by atoms with Gasteiger partial charge in [0.1, 0.15) is 0 Å². The summed E-state index contributed by atoms with van der Waals surface area (Å²) in [4.78, 5) is 24.4. The van der Waals surface area contributed by atoms with E-state index in [2.05, 4.69) is 4.98 Å². The van der Waals surface area contributed by atoms with E-state index in [1.807, 2.05) is 6.07 Å². The van der Waals surface area contributed by atoms with Crippen LogP contribution in [0.2, 0.25) is 0 Å². The molecular weight excluding hydrogens is 238 g/mol. The molecule has 2 aromatic rings. The fraction of sp³-hybridized carbons (Fsp3) is 0.0909. The van der Waals surface area contributed by atoms with Crippen molar-refractivity contribution in [1.29, 1.82) is 0 Å². The lowest BCUT2D eigenvalue weighted by Gasteiger charge is -2.03. The first kappa shape index (κ1) is 11.8.